The summed E-state index contributed by atoms with van der Waals surface area (Å²) in [4.78, 5) is 0. The zero-order valence-electron chi connectivity index (χ0n) is 10.2. The van der Waals surface area contributed by atoms with Crippen LogP contribution in [0.4, 0.5) is 0 Å². The topological polar surface area (TPSA) is 12.0 Å². The van der Waals surface area contributed by atoms with E-state index in [0.717, 1.165) is 6.42 Å². The number of hydrogen-bond donors (Lipinski definition) is 1. The van der Waals surface area contributed by atoms with Gasteiger partial charge in [-0.15, -0.1) is 0 Å². The van der Waals surface area contributed by atoms with E-state index < -0.39 is 0 Å². The molecule has 1 atom stereocenters. The Labute approximate surface area is 93.2 Å². The molecule has 15 heavy (non-hydrogen) atoms. The molecule has 0 heterocycles. The van der Waals surface area contributed by atoms with E-state index in [-0.39, 0.29) is 0 Å². The first-order valence-corrected chi connectivity index (χ1v) is 5.61. The molecule has 0 saturated heterocycles. The molecule has 1 unspecified atom stereocenters. The molecular weight excluding hydrogens is 182 g/mol. The molecule has 82 valence electrons. The molecule has 0 bridgehead atoms. The maximum atomic E-state index is 3.24. The molecule has 1 nitrogen and oxygen atoms in total. The molecular formula is C14H21N. The summed E-state index contributed by atoms with van der Waals surface area (Å²) in [6, 6.07) is 9.21. The number of likely N-dealkylation sites (N-methyl/N-ethyl adjacent to an activating group) is 1. The van der Waals surface area contributed by atoms with Gasteiger partial charge in [-0.2, -0.15) is 0 Å². The van der Waals surface area contributed by atoms with Gasteiger partial charge in [-0.25, -0.2) is 0 Å². The molecule has 0 aromatic heterocycles. The van der Waals surface area contributed by atoms with Crippen LogP contribution in [0.25, 0.3) is 6.08 Å². The molecule has 0 aliphatic heterocycles. The first-order valence-electron chi connectivity index (χ1n) is 5.61. The maximum Gasteiger partial charge on any atom is 0.0248 e. The highest BCUT2D eigenvalue weighted by Gasteiger charge is 1.99. The van der Waals surface area contributed by atoms with Gasteiger partial charge < -0.3 is 5.32 Å². The number of hydrogen-bond acceptors (Lipinski definition) is 1. The quantitative estimate of drug-likeness (QED) is 0.792. The van der Waals surface area contributed by atoms with Crippen LogP contribution in [-0.2, 0) is 6.42 Å². The summed E-state index contributed by atoms with van der Waals surface area (Å²) >= 11 is 0. The van der Waals surface area contributed by atoms with E-state index in [0.29, 0.717) is 6.04 Å². The molecule has 0 fully saturated rings. The lowest BCUT2D eigenvalue weighted by molar-refractivity contribution is 0.696. The average molecular weight is 203 g/mol. The van der Waals surface area contributed by atoms with E-state index >= 15 is 0 Å². The van der Waals surface area contributed by atoms with Gasteiger partial charge in [0.2, 0.25) is 0 Å². The molecule has 0 aliphatic carbocycles. The summed E-state index contributed by atoms with van der Waals surface area (Å²) in [5.41, 5.74) is 4.04. The van der Waals surface area contributed by atoms with Crippen LogP contribution in [0.2, 0.25) is 0 Å². The summed E-state index contributed by atoms with van der Waals surface area (Å²) in [5, 5.41) is 3.24. The molecule has 1 aromatic rings. The molecule has 1 rings (SSSR count). The minimum absolute atomic E-state index is 0.441. The van der Waals surface area contributed by atoms with Crippen LogP contribution in [0.5, 0.6) is 0 Å². The van der Waals surface area contributed by atoms with Gasteiger partial charge in [0.25, 0.3) is 0 Å². The second kappa shape index (κ2) is 5.72. The number of rotatable bonds is 4. The Morgan fingerprint density at radius 1 is 1.33 bits per heavy atom. The van der Waals surface area contributed by atoms with Gasteiger partial charge in [-0.3, -0.25) is 0 Å². The lowest BCUT2D eigenvalue weighted by Crippen LogP contribution is -2.21. The molecule has 1 N–H and O–H groups in total. The fourth-order valence-electron chi connectivity index (χ4n) is 1.47. The predicted molar refractivity (Wildman–Crippen MR) is 68.0 cm³/mol. The maximum absolute atomic E-state index is 3.24. The highest BCUT2D eigenvalue weighted by Crippen LogP contribution is 2.11. The summed E-state index contributed by atoms with van der Waals surface area (Å²) in [7, 11) is 1.99. The van der Waals surface area contributed by atoms with Crippen molar-refractivity contribution in [1.82, 2.24) is 5.32 Å². The molecule has 1 aromatic carbocycles. The van der Waals surface area contributed by atoms with Gasteiger partial charge in [0.1, 0.15) is 0 Å². The Morgan fingerprint density at radius 3 is 2.40 bits per heavy atom. The number of benzene rings is 1. The number of aryl methyl sites for hydroxylation is 1. The monoisotopic (exact) mass is 203 g/mol. The fraction of sp³-hybridized carbons (Fsp3) is 0.429. The standard InChI is InChI=1S/C14H21N/c1-5-13-6-8-14(9-7-13)10-11(2)12(3)15-4/h6-10,12,15H,5H2,1-4H3/b11-10-. The van der Waals surface area contributed by atoms with Gasteiger partial charge in [0.15, 0.2) is 0 Å². The van der Waals surface area contributed by atoms with Crippen molar-refractivity contribution in [3.63, 3.8) is 0 Å². The van der Waals surface area contributed by atoms with Crippen molar-refractivity contribution >= 4 is 6.08 Å². The van der Waals surface area contributed by atoms with Crippen LogP contribution in [0, 0.1) is 0 Å². The first-order chi connectivity index (χ1) is 7.17. The fourth-order valence-corrected chi connectivity index (χ4v) is 1.47. The van der Waals surface area contributed by atoms with E-state index in [9.17, 15) is 0 Å². The Kier molecular flexibility index (Phi) is 4.57. The summed E-state index contributed by atoms with van der Waals surface area (Å²) in [6.45, 7) is 6.51. The Bertz CT molecular complexity index is 322. The minimum Gasteiger partial charge on any atom is -0.314 e. The van der Waals surface area contributed by atoms with Crippen molar-refractivity contribution in [3.05, 3.63) is 41.0 Å². The van der Waals surface area contributed by atoms with Crippen LogP contribution in [0.3, 0.4) is 0 Å². The molecule has 0 amide bonds. The van der Waals surface area contributed by atoms with Crippen molar-refractivity contribution in [2.24, 2.45) is 0 Å². The highest BCUT2D eigenvalue weighted by atomic mass is 14.8. The smallest absolute Gasteiger partial charge is 0.0248 e. The Morgan fingerprint density at radius 2 is 1.93 bits per heavy atom. The van der Waals surface area contributed by atoms with Crippen LogP contribution in [0.1, 0.15) is 31.9 Å². The third kappa shape index (κ3) is 3.52. The van der Waals surface area contributed by atoms with E-state index in [4.69, 9.17) is 0 Å². The first kappa shape index (κ1) is 12.0. The van der Waals surface area contributed by atoms with Crippen molar-refractivity contribution in [2.75, 3.05) is 7.05 Å². The van der Waals surface area contributed by atoms with Gasteiger partial charge in [0.05, 0.1) is 0 Å². The number of nitrogens with one attached hydrogen (secondary N) is 1. The Balaban J connectivity index is 2.79. The zero-order valence-corrected chi connectivity index (χ0v) is 10.2. The predicted octanol–water partition coefficient (Wildman–Crippen LogP) is 3.26. The van der Waals surface area contributed by atoms with E-state index in [1.165, 1.54) is 16.7 Å². The van der Waals surface area contributed by atoms with Crippen molar-refractivity contribution < 1.29 is 0 Å². The van der Waals surface area contributed by atoms with Gasteiger partial charge in [0, 0.05) is 6.04 Å². The Hall–Kier alpha value is -1.08. The highest BCUT2D eigenvalue weighted by molar-refractivity contribution is 5.53. The summed E-state index contributed by atoms with van der Waals surface area (Å²) in [6.07, 6.45) is 3.34. The van der Waals surface area contributed by atoms with Crippen LogP contribution in [-0.4, -0.2) is 13.1 Å². The van der Waals surface area contributed by atoms with Crippen molar-refractivity contribution in [3.8, 4) is 0 Å². The van der Waals surface area contributed by atoms with E-state index in [1.807, 2.05) is 7.05 Å². The van der Waals surface area contributed by atoms with Crippen molar-refractivity contribution in [2.45, 2.75) is 33.2 Å². The van der Waals surface area contributed by atoms with E-state index in [2.05, 4.69) is 56.4 Å². The zero-order chi connectivity index (χ0) is 11.3. The molecule has 0 radical (unpaired) electrons. The third-order valence-electron chi connectivity index (χ3n) is 2.90. The molecule has 0 spiro atoms. The summed E-state index contributed by atoms with van der Waals surface area (Å²) < 4.78 is 0. The second-order valence-corrected chi connectivity index (χ2v) is 3.99. The lowest BCUT2D eigenvalue weighted by atomic mass is 10.0. The van der Waals surface area contributed by atoms with Crippen molar-refractivity contribution in [1.29, 1.82) is 0 Å². The molecule has 0 saturated carbocycles. The van der Waals surface area contributed by atoms with Crippen LogP contribution < -0.4 is 5.32 Å². The largest absolute Gasteiger partial charge is 0.314 e. The second-order valence-electron chi connectivity index (χ2n) is 3.99. The van der Waals surface area contributed by atoms with Gasteiger partial charge >= 0.3 is 0 Å². The van der Waals surface area contributed by atoms with Crippen LogP contribution in [0.15, 0.2) is 29.8 Å². The summed E-state index contributed by atoms with van der Waals surface area (Å²) in [5.74, 6) is 0. The van der Waals surface area contributed by atoms with Gasteiger partial charge in [-0.05, 0) is 38.4 Å². The molecule has 0 aliphatic rings. The average Bonchev–Trinajstić information content (AvgIpc) is 2.29. The molecule has 1 heteroatoms. The minimum atomic E-state index is 0.441. The SMILES string of the molecule is CCc1ccc(/C=C(/C)C(C)NC)cc1. The van der Waals surface area contributed by atoms with Gasteiger partial charge in [-0.1, -0.05) is 42.8 Å². The normalized spacial score (nSPS) is 14.0. The van der Waals surface area contributed by atoms with Crippen LogP contribution >= 0.6 is 0 Å². The lowest BCUT2D eigenvalue weighted by Gasteiger charge is -2.10. The van der Waals surface area contributed by atoms with E-state index in [1.54, 1.807) is 0 Å². The third-order valence-corrected chi connectivity index (χ3v) is 2.90.